The number of hydrogen-bond donors (Lipinski definition) is 1. The summed E-state index contributed by atoms with van der Waals surface area (Å²) in [6.07, 6.45) is 4.53. The molecule has 1 N–H and O–H groups in total. The molecule has 0 radical (unpaired) electrons. The number of hydrogen-bond acceptors (Lipinski definition) is 3. The van der Waals surface area contributed by atoms with Gasteiger partial charge in [-0.05, 0) is 37.9 Å². The highest BCUT2D eigenvalue weighted by Crippen LogP contribution is 2.40. The minimum Gasteiger partial charge on any atom is -0.316 e. The molecule has 1 aliphatic carbocycles. The van der Waals surface area contributed by atoms with Crippen molar-refractivity contribution in [1.82, 2.24) is 15.1 Å². The fourth-order valence-corrected chi connectivity index (χ4v) is 3.12. The summed E-state index contributed by atoms with van der Waals surface area (Å²) in [4.78, 5) is 0. The second-order valence-electron chi connectivity index (χ2n) is 5.89. The molecule has 0 saturated heterocycles. The highest BCUT2D eigenvalue weighted by Gasteiger charge is 2.30. The van der Waals surface area contributed by atoms with E-state index >= 15 is 0 Å². The lowest BCUT2D eigenvalue weighted by Crippen LogP contribution is -2.17. The Morgan fingerprint density at radius 3 is 2.62 bits per heavy atom. The van der Waals surface area contributed by atoms with Crippen LogP contribution in [0.4, 0.5) is 0 Å². The van der Waals surface area contributed by atoms with Gasteiger partial charge in [-0.1, -0.05) is 12.1 Å². The maximum absolute atomic E-state index is 8.97. The Hall–Kier alpha value is -2.12. The molecule has 1 aliphatic heterocycles. The highest BCUT2D eigenvalue weighted by atomic mass is 15.3. The van der Waals surface area contributed by atoms with Gasteiger partial charge in [0.25, 0.3) is 0 Å². The summed E-state index contributed by atoms with van der Waals surface area (Å²) in [7, 11) is 0. The first kappa shape index (κ1) is 12.6. The van der Waals surface area contributed by atoms with Gasteiger partial charge in [0.15, 0.2) is 0 Å². The maximum atomic E-state index is 8.97. The molecule has 1 saturated carbocycles. The van der Waals surface area contributed by atoms with Gasteiger partial charge in [0.2, 0.25) is 0 Å². The lowest BCUT2D eigenvalue weighted by molar-refractivity contribution is 0.624. The van der Waals surface area contributed by atoms with Crippen LogP contribution < -0.4 is 5.32 Å². The minimum atomic E-state index is 0.579. The zero-order valence-electron chi connectivity index (χ0n) is 12.0. The monoisotopic (exact) mass is 278 g/mol. The molecule has 0 amide bonds. The van der Waals surface area contributed by atoms with Crippen LogP contribution in [0.15, 0.2) is 24.3 Å². The number of nitrogens with zero attached hydrogens (tertiary/aromatic N) is 3. The van der Waals surface area contributed by atoms with Crippen LogP contribution >= 0.6 is 0 Å². The van der Waals surface area contributed by atoms with Crippen molar-refractivity contribution in [3.63, 3.8) is 0 Å². The first-order valence-electron chi connectivity index (χ1n) is 7.68. The van der Waals surface area contributed by atoms with Crippen LogP contribution in [0.5, 0.6) is 0 Å². The van der Waals surface area contributed by atoms with E-state index in [-0.39, 0.29) is 0 Å². The Bertz CT molecular complexity index is 702. The van der Waals surface area contributed by atoms with Crippen LogP contribution in [0.25, 0.3) is 11.3 Å². The molecule has 0 bridgehead atoms. The van der Waals surface area contributed by atoms with E-state index in [0.717, 1.165) is 25.9 Å². The molecule has 0 unspecified atom stereocenters. The molecule has 4 heteroatoms. The maximum Gasteiger partial charge on any atom is 0.0991 e. The molecule has 2 heterocycles. The molecule has 2 aromatic rings. The van der Waals surface area contributed by atoms with E-state index in [1.54, 1.807) is 0 Å². The quantitative estimate of drug-likeness (QED) is 0.918. The van der Waals surface area contributed by atoms with Gasteiger partial charge < -0.3 is 5.32 Å². The number of nitriles is 1. The Morgan fingerprint density at radius 1 is 1.14 bits per heavy atom. The average Bonchev–Trinajstić information content (AvgIpc) is 3.33. The van der Waals surface area contributed by atoms with E-state index in [0.29, 0.717) is 11.6 Å². The summed E-state index contributed by atoms with van der Waals surface area (Å²) in [6, 6.07) is 10.7. The van der Waals surface area contributed by atoms with Gasteiger partial charge in [-0.15, -0.1) is 0 Å². The van der Waals surface area contributed by atoms with Crippen molar-refractivity contribution in [2.75, 3.05) is 13.1 Å². The largest absolute Gasteiger partial charge is 0.316 e. The first-order chi connectivity index (χ1) is 10.4. The summed E-state index contributed by atoms with van der Waals surface area (Å²) < 4.78 is 2.25. The van der Waals surface area contributed by atoms with Crippen molar-refractivity contribution in [2.45, 2.75) is 31.7 Å². The molecule has 4 nitrogen and oxygen atoms in total. The van der Waals surface area contributed by atoms with Crippen molar-refractivity contribution >= 4 is 0 Å². The second kappa shape index (κ2) is 5.01. The summed E-state index contributed by atoms with van der Waals surface area (Å²) in [5.74, 6) is 0. The van der Waals surface area contributed by atoms with Gasteiger partial charge in [0, 0.05) is 24.1 Å². The molecule has 2 aliphatic rings. The average molecular weight is 278 g/mol. The van der Waals surface area contributed by atoms with Crippen LogP contribution in [0.1, 0.15) is 35.7 Å². The van der Waals surface area contributed by atoms with Crippen LogP contribution in [0, 0.1) is 11.3 Å². The molecule has 1 aromatic carbocycles. The van der Waals surface area contributed by atoms with Crippen molar-refractivity contribution in [3.05, 3.63) is 41.1 Å². The van der Waals surface area contributed by atoms with E-state index < -0.39 is 0 Å². The van der Waals surface area contributed by atoms with Crippen molar-refractivity contribution in [1.29, 1.82) is 5.26 Å². The molecular formula is C17H18N4. The summed E-state index contributed by atoms with van der Waals surface area (Å²) >= 11 is 0. The van der Waals surface area contributed by atoms with E-state index in [1.807, 2.05) is 12.1 Å². The SMILES string of the molecule is N#Cc1ccc(-c2c3c(nn2C2CC2)CCNCC3)cc1. The standard InChI is InChI=1S/C17H18N4/c18-11-12-1-3-13(4-2-12)17-15-7-9-19-10-8-16(15)20-21(17)14-5-6-14/h1-4,14,19H,5-10H2. The molecular weight excluding hydrogens is 260 g/mol. The molecule has 0 atom stereocenters. The van der Waals surface area contributed by atoms with Crippen LogP contribution in [-0.2, 0) is 12.8 Å². The molecule has 1 fully saturated rings. The Balaban J connectivity index is 1.85. The Morgan fingerprint density at radius 2 is 1.90 bits per heavy atom. The van der Waals surface area contributed by atoms with Gasteiger partial charge in [-0.25, -0.2) is 0 Å². The highest BCUT2D eigenvalue weighted by molar-refractivity contribution is 5.66. The molecule has 1 aromatic heterocycles. The van der Waals surface area contributed by atoms with Gasteiger partial charge in [0.1, 0.15) is 0 Å². The number of rotatable bonds is 2. The third-order valence-electron chi connectivity index (χ3n) is 4.36. The predicted molar refractivity (Wildman–Crippen MR) is 80.9 cm³/mol. The smallest absolute Gasteiger partial charge is 0.0991 e. The van der Waals surface area contributed by atoms with E-state index in [1.165, 1.54) is 35.4 Å². The van der Waals surface area contributed by atoms with Crippen molar-refractivity contribution in [3.8, 4) is 17.3 Å². The van der Waals surface area contributed by atoms with Gasteiger partial charge in [-0.2, -0.15) is 10.4 Å². The molecule has 106 valence electrons. The fourth-order valence-electron chi connectivity index (χ4n) is 3.12. The molecule has 21 heavy (non-hydrogen) atoms. The zero-order chi connectivity index (χ0) is 14.2. The van der Waals surface area contributed by atoms with Crippen molar-refractivity contribution < 1.29 is 0 Å². The summed E-state index contributed by atoms with van der Waals surface area (Å²) in [5, 5.41) is 17.3. The normalized spacial score (nSPS) is 17.9. The van der Waals surface area contributed by atoms with E-state index in [4.69, 9.17) is 10.4 Å². The first-order valence-corrected chi connectivity index (χ1v) is 7.68. The number of fused-ring (bicyclic) bond motifs is 1. The lowest BCUT2D eigenvalue weighted by Gasteiger charge is -2.09. The van der Waals surface area contributed by atoms with Gasteiger partial charge in [0.05, 0.1) is 29.1 Å². The number of aromatic nitrogens is 2. The lowest BCUT2D eigenvalue weighted by atomic mass is 10.0. The molecule has 0 spiro atoms. The van der Waals surface area contributed by atoms with Crippen LogP contribution in [-0.4, -0.2) is 22.9 Å². The topological polar surface area (TPSA) is 53.6 Å². The number of benzene rings is 1. The van der Waals surface area contributed by atoms with Crippen LogP contribution in [0.3, 0.4) is 0 Å². The third-order valence-corrected chi connectivity index (χ3v) is 4.36. The predicted octanol–water partition coefficient (Wildman–Crippen LogP) is 2.44. The second-order valence-corrected chi connectivity index (χ2v) is 5.89. The Kier molecular flexibility index (Phi) is 3.01. The Labute approximate surface area is 124 Å². The minimum absolute atomic E-state index is 0.579. The summed E-state index contributed by atoms with van der Waals surface area (Å²) in [6.45, 7) is 2.04. The van der Waals surface area contributed by atoms with Gasteiger partial charge in [-0.3, -0.25) is 4.68 Å². The van der Waals surface area contributed by atoms with E-state index in [2.05, 4.69) is 28.2 Å². The fraction of sp³-hybridized carbons (Fsp3) is 0.412. The van der Waals surface area contributed by atoms with Crippen molar-refractivity contribution in [2.24, 2.45) is 0 Å². The van der Waals surface area contributed by atoms with Gasteiger partial charge >= 0.3 is 0 Å². The number of nitrogens with one attached hydrogen (secondary N) is 1. The third kappa shape index (κ3) is 2.24. The van der Waals surface area contributed by atoms with E-state index in [9.17, 15) is 0 Å². The van der Waals surface area contributed by atoms with Crippen LogP contribution in [0.2, 0.25) is 0 Å². The molecule has 4 rings (SSSR count). The summed E-state index contributed by atoms with van der Waals surface area (Å²) in [5.41, 5.74) is 5.84. The zero-order valence-corrected chi connectivity index (χ0v) is 12.0.